The molecule has 0 unspecified atom stereocenters. The van der Waals surface area contributed by atoms with Crippen LogP contribution in [0.5, 0.6) is 0 Å². The molecule has 0 bridgehead atoms. The summed E-state index contributed by atoms with van der Waals surface area (Å²) < 4.78 is 2.17. The maximum atomic E-state index is 13.6. The highest BCUT2D eigenvalue weighted by Crippen LogP contribution is 2.28. The van der Waals surface area contributed by atoms with Gasteiger partial charge in [-0.25, -0.2) is 0 Å². The van der Waals surface area contributed by atoms with Gasteiger partial charge in [0.25, 0.3) is 5.91 Å². The fraction of sp³-hybridized carbons (Fsp3) is 0.290. The molecule has 0 saturated carbocycles. The minimum Gasteiger partial charge on any atom is -0.342 e. The van der Waals surface area contributed by atoms with E-state index in [1.807, 2.05) is 58.5 Å². The summed E-state index contributed by atoms with van der Waals surface area (Å²) in [4.78, 5) is 30.8. The third-order valence-corrected chi connectivity index (χ3v) is 7.79. The zero-order valence-electron chi connectivity index (χ0n) is 20.5. The molecular weight excluding hydrogens is 446 g/mol. The molecule has 0 N–H and O–H groups in total. The van der Waals surface area contributed by atoms with E-state index in [1.165, 1.54) is 16.7 Å². The summed E-state index contributed by atoms with van der Waals surface area (Å²) in [5.74, 6) is 0.311. The van der Waals surface area contributed by atoms with Gasteiger partial charge in [-0.3, -0.25) is 9.59 Å². The molecule has 182 valence electrons. The lowest BCUT2D eigenvalue weighted by Crippen LogP contribution is -2.45. The van der Waals surface area contributed by atoms with Crippen molar-refractivity contribution >= 4 is 22.7 Å². The predicted molar refractivity (Wildman–Crippen MR) is 142 cm³/mol. The number of para-hydroxylation sites is 1. The van der Waals surface area contributed by atoms with Gasteiger partial charge < -0.3 is 14.4 Å². The molecule has 5 nitrogen and oxygen atoms in total. The summed E-state index contributed by atoms with van der Waals surface area (Å²) >= 11 is 0. The SMILES string of the molecule is O=C(c1cn(Cc2ccccc2)c2ccccc12)N1CCC(C(=O)N2CCc3ccccc3C2)CC1. The van der Waals surface area contributed by atoms with E-state index < -0.39 is 0 Å². The van der Waals surface area contributed by atoms with Crippen LogP contribution in [0.4, 0.5) is 0 Å². The lowest BCUT2D eigenvalue weighted by Gasteiger charge is -2.36. The molecule has 36 heavy (non-hydrogen) atoms. The minimum atomic E-state index is -0.00117. The van der Waals surface area contributed by atoms with Crippen LogP contribution in [-0.2, 0) is 24.3 Å². The van der Waals surface area contributed by atoms with Crippen LogP contribution in [-0.4, -0.2) is 45.8 Å². The molecule has 0 spiro atoms. The number of fused-ring (bicyclic) bond motifs is 2. The zero-order chi connectivity index (χ0) is 24.5. The molecular formula is C31H31N3O2. The summed E-state index contributed by atoms with van der Waals surface area (Å²) in [6.07, 6.45) is 4.38. The fourth-order valence-electron chi connectivity index (χ4n) is 5.77. The number of rotatable bonds is 4. The van der Waals surface area contributed by atoms with Gasteiger partial charge in [0.2, 0.25) is 5.91 Å². The molecule has 1 aromatic heterocycles. The van der Waals surface area contributed by atoms with Crippen LogP contribution in [0.3, 0.4) is 0 Å². The van der Waals surface area contributed by atoms with Crippen molar-refractivity contribution in [1.29, 1.82) is 0 Å². The Kier molecular flexibility index (Phi) is 6.06. The van der Waals surface area contributed by atoms with E-state index >= 15 is 0 Å². The van der Waals surface area contributed by atoms with Gasteiger partial charge in [-0.15, -0.1) is 0 Å². The van der Waals surface area contributed by atoms with Gasteiger partial charge in [0.05, 0.1) is 5.56 Å². The second-order valence-corrected chi connectivity index (χ2v) is 10.0. The molecule has 0 aliphatic carbocycles. The normalized spacial score (nSPS) is 16.2. The third-order valence-electron chi connectivity index (χ3n) is 7.79. The van der Waals surface area contributed by atoms with Crippen LogP contribution < -0.4 is 0 Å². The number of benzene rings is 3. The molecule has 0 atom stereocenters. The van der Waals surface area contributed by atoms with E-state index in [-0.39, 0.29) is 17.7 Å². The van der Waals surface area contributed by atoms with Gasteiger partial charge in [-0.1, -0.05) is 72.8 Å². The maximum Gasteiger partial charge on any atom is 0.256 e. The summed E-state index contributed by atoms with van der Waals surface area (Å²) in [6, 6.07) is 26.9. The van der Waals surface area contributed by atoms with E-state index in [2.05, 4.69) is 41.0 Å². The van der Waals surface area contributed by atoms with Gasteiger partial charge in [-0.05, 0) is 42.0 Å². The van der Waals surface area contributed by atoms with Crippen molar-refractivity contribution in [1.82, 2.24) is 14.4 Å². The number of carbonyl (C=O) groups excluding carboxylic acids is 2. The summed E-state index contributed by atoms with van der Waals surface area (Å²) in [5.41, 5.74) is 5.64. The number of carbonyl (C=O) groups is 2. The van der Waals surface area contributed by atoms with Gasteiger partial charge in [0, 0.05) is 55.7 Å². The number of amides is 2. The van der Waals surface area contributed by atoms with Crippen LogP contribution in [0.25, 0.3) is 10.9 Å². The van der Waals surface area contributed by atoms with Crippen LogP contribution >= 0.6 is 0 Å². The molecule has 1 fully saturated rings. The molecule has 3 aromatic carbocycles. The van der Waals surface area contributed by atoms with Crippen molar-refractivity contribution in [3.8, 4) is 0 Å². The van der Waals surface area contributed by atoms with Crippen LogP contribution in [0, 0.1) is 5.92 Å². The molecule has 1 saturated heterocycles. The van der Waals surface area contributed by atoms with Crippen molar-refractivity contribution in [3.05, 3.63) is 107 Å². The molecule has 4 aromatic rings. The molecule has 0 radical (unpaired) electrons. The minimum absolute atomic E-state index is 0.00117. The van der Waals surface area contributed by atoms with Crippen molar-refractivity contribution in [3.63, 3.8) is 0 Å². The first-order chi connectivity index (χ1) is 17.7. The maximum absolute atomic E-state index is 13.6. The summed E-state index contributed by atoms with van der Waals surface area (Å²) in [7, 11) is 0. The third kappa shape index (κ3) is 4.30. The number of hydrogen-bond acceptors (Lipinski definition) is 2. The highest BCUT2D eigenvalue weighted by Gasteiger charge is 2.32. The number of aromatic nitrogens is 1. The Bertz CT molecular complexity index is 1400. The number of likely N-dealkylation sites (tertiary alicyclic amines) is 1. The topological polar surface area (TPSA) is 45.6 Å². The van der Waals surface area contributed by atoms with Crippen molar-refractivity contribution < 1.29 is 9.59 Å². The Morgan fingerprint density at radius 2 is 1.44 bits per heavy atom. The van der Waals surface area contributed by atoms with Crippen LogP contribution in [0.1, 0.15) is 39.9 Å². The lowest BCUT2D eigenvalue weighted by molar-refractivity contribution is -0.137. The summed E-state index contributed by atoms with van der Waals surface area (Å²) in [5, 5.41) is 0.989. The molecule has 2 aliphatic heterocycles. The second kappa shape index (κ2) is 9.65. The molecule has 3 heterocycles. The Morgan fingerprint density at radius 1 is 0.750 bits per heavy atom. The van der Waals surface area contributed by atoms with Crippen LogP contribution in [0.2, 0.25) is 0 Å². The molecule has 5 heteroatoms. The van der Waals surface area contributed by atoms with E-state index in [0.717, 1.165) is 48.8 Å². The quantitative estimate of drug-likeness (QED) is 0.409. The zero-order valence-corrected chi connectivity index (χ0v) is 20.5. The Balaban J connectivity index is 1.14. The second-order valence-electron chi connectivity index (χ2n) is 10.0. The largest absolute Gasteiger partial charge is 0.342 e. The molecule has 2 amide bonds. The van der Waals surface area contributed by atoms with E-state index in [1.54, 1.807) is 0 Å². The van der Waals surface area contributed by atoms with Gasteiger partial charge in [-0.2, -0.15) is 0 Å². The van der Waals surface area contributed by atoms with Crippen molar-refractivity contribution in [2.45, 2.75) is 32.4 Å². The Labute approximate surface area is 211 Å². The van der Waals surface area contributed by atoms with E-state index in [0.29, 0.717) is 19.6 Å². The number of nitrogens with zero attached hydrogens (tertiary/aromatic N) is 3. The van der Waals surface area contributed by atoms with Crippen molar-refractivity contribution in [2.75, 3.05) is 19.6 Å². The monoisotopic (exact) mass is 477 g/mol. The van der Waals surface area contributed by atoms with Crippen LogP contribution in [0.15, 0.2) is 85.1 Å². The number of piperidine rings is 1. The Hall–Kier alpha value is -3.86. The van der Waals surface area contributed by atoms with E-state index in [9.17, 15) is 9.59 Å². The molecule has 2 aliphatic rings. The Morgan fingerprint density at radius 3 is 2.25 bits per heavy atom. The smallest absolute Gasteiger partial charge is 0.256 e. The van der Waals surface area contributed by atoms with Gasteiger partial charge >= 0.3 is 0 Å². The lowest BCUT2D eigenvalue weighted by atomic mass is 9.92. The average Bonchev–Trinajstić information content (AvgIpc) is 3.31. The highest BCUT2D eigenvalue weighted by atomic mass is 16.2. The van der Waals surface area contributed by atoms with Gasteiger partial charge in [0.15, 0.2) is 0 Å². The van der Waals surface area contributed by atoms with E-state index in [4.69, 9.17) is 0 Å². The van der Waals surface area contributed by atoms with Gasteiger partial charge in [0.1, 0.15) is 0 Å². The number of hydrogen-bond donors (Lipinski definition) is 0. The summed E-state index contributed by atoms with van der Waals surface area (Å²) in [6.45, 7) is 3.46. The first-order valence-corrected chi connectivity index (χ1v) is 12.9. The first kappa shape index (κ1) is 22.6. The molecule has 6 rings (SSSR count). The average molecular weight is 478 g/mol. The first-order valence-electron chi connectivity index (χ1n) is 12.9. The van der Waals surface area contributed by atoms with Crippen molar-refractivity contribution in [2.24, 2.45) is 5.92 Å². The highest BCUT2D eigenvalue weighted by molar-refractivity contribution is 6.07. The fourth-order valence-corrected chi connectivity index (χ4v) is 5.77. The predicted octanol–water partition coefficient (Wildman–Crippen LogP) is 5.13. The standard InChI is InChI=1S/C31H31N3O2/c35-30(33-19-14-24-10-4-5-11-26(24)21-33)25-15-17-32(18-16-25)31(36)28-22-34(20-23-8-2-1-3-9-23)29-13-7-6-12-27(28)29/h1-13,22,25H,14-21H2.